The highest BCUT2D eigenvalue weighted by Gasteiger charge is 2.00. The van der Waals surface area contributed by atoms with Crippen LogP contribution in [0.15, 0.2) is 59.1 Å². The monoisotopic (exact) mass is 434 g/mol. The van der Waals surface area contributed by atoms with Gasteiger partial charge < -0.3 is 14.9 Å². The number of carbonyl (C=O) groups is 3. The predicted octanol–water partition coefficient (Wildman–Crippen LogP) is 3.58. The van der Waals surface area contributed by atoms with E-state index in [9.17, 15) is 14.4 Å². The lowest BCUT2D eigenvalue weighted by atomic mass is 10.1. The highest BCUT2D eigenvalue weighted by atomic mass is 79.9. The van der Waals surface area contributed by atoms with Gasteiger partial charge in [0.25, 0.3) is 0 Å². The van der Waals surface area contributed by atoms with E-state index in [0.29, 0.717) is 5.56 Å². The number of benzene rings is 2. The first-order chi connectivity index (χ1) is 12.8. The van der Waals surface area contributed by atoms with E-state index in [0.717, 1.165) is 15.6 Å². The molecule has 2 aromatic carbocycles. The van der Waals surface area contributed by atoms with Crippen molar-refractivity contribution in [3.05, 3.63) is 75.8 Å². The van der Waals surface area contributed by atoms with Crippen LogP contribution in [0.3, 0.4) is 0 Å². The molecule has 2 rings (SSSR count). The van der Waals surface area contributed by atoms with Crippen LogP contribution in [0.25, 0.3) is 6.08 Å². The molecule has 0 aromatic heterocycles. The Morgan fingerprint density at radius 3 is 2.04 bits per heavy atom. The van der Waals surface area contributed by atoms with Crippen molar-refractivity contribution in [2.24, 2.45) is 0 Å². The van der Waals surface area contributed by atoms with Crippen molar-refractivity contribution < 1.29 is 29.3 Å². The van der Waals surface area contributed by atoms with Gasteiger partial charge in [0.1, 0.15) is 0 Å². The summed E-state index contributed by atoms with van der Waals surface area (Å²) < 4.78 is 5.36. The quantitative estimate of drug-likeness (QED) is 0.532. The van der Waals surface area contributed by atoms with Gasteiger partial charge in [-0.05, 0) is 34.9 Å². The molecule has 0 aliphatic heterocycles. The summed E-state index contributed by atoms with van der Waals surface area (Å²) in [5.74, 6) is -2.12. The van der Waals surface area contributed by atoms with E-state index in [1.807, 2.05) is 12.1 Å². The molecule has 0 saturated carbocycles. The number of carboxylic acids is 2. The van der Waals surface area contributed by atoms with Gasteiger partial charge in [-0.2, -0.15) is 0 Å². The number of hydrogen-bond acceptors (Lipinski definition) is 4. The van der Waals surface area contributed by atoms with Crippen molar-refractivity contribution in [2.75, 3.05) is 7.11 Å². The lowest BCUT2D eigenvalue weighted by Gasteiger charge is -1.98. The minimum atomic E-state index is -0.880. The predicted molar refractivity (Wildman–Crippen MR) is 104 cm³/mol. The fraction of sp³-hybridized carbons (Fsp3) is 0.150. The van der Waals surface area contributed by atoms with E-state index in [1.165, 1.54) is 13.2 Å². The van der Waals surface area contributed by atoms with Crippen molar-refractivity contribution in [2.45, 2.75) is 12.8 Å². The zero-order chi connectivity index (χ0) is 20.2. The zero-order valence-corrected chi connectivity index (χ0v) is 16.2. The zero-order valence-electron chi connectivity index (χ0n) is 14.6. The number of ether oxygens (including phenoxy) is 1. The third kappa shape index (κ3) is 9.96. The molecule has 0 unspecified atom stereocenters. The minimum Gasteiger partial charge on any atom is -0.481 e. The van der Waals surface area contributed by atoms with Crippen LogP contribution >= 0.6 is 15.9 Å². The van der Waals surface area contributed by atoms with Gasteiger partial charge in [-0.25, -0.2) is 4.79 Å². The average Bonchev–Trinajstić information content (AvgIpc) is 2.59. The van der Waals surface area contributed by atoms with Crippen LogP contribution in [0.2, 0.25) is 0 Å². The van der Waals surface area contributed by atoms with E-state index < -0.39 is 17.9 Å². The van der Waals surface area contributed by atoms with Gasteiger partial charge in [0, 0.05) is 10.5 Å². The van der Waals surface area contributed by atoms with Crippen molar-refractivity contribution in [3.8, 4) is 0 Å². The Balaban J connectivity index is 0.000000289. The molecule has 0 amide bonds. The van der Waals surface area contributed by atoms with Crippen LogP contribution < -0.4 is 0 Å². The summed E-state index contributed by atoms with van der Waals surface area (Å²) in [5.41, 5.74) is 2.27. The maximum Gasteiger partial charge on any atom is 0.330 e. The lowest BCUT2D eigenvalue weighted by molar-refractivity contribution is -0.137. The molecule has 2 N–H and O–H groups in total. The molecular weight excluding hydrogens is 416 g/mol. The molecule has 0 atom stereocenters. The fourth-order valence-corrected chi connectivity index (χ4v) is 2.48. The highest BCUT2D eigenvalue weighted by Crippen LogP contribution is 2.11. The molecule has 0 bridgehead atoms. The van der Waals surface area contributed by atoms with Crippen molar-refractivity contribution in [1.82, 2.24) is 0 Å². The molecule has 0 aliphatic carbocycles. The van der Waals surface area contributed by atoms with E-state index in [4.69, 9.17) is 10.2 Å². The van der Waals surface area contributed by atoms with Crippen molar-refractivity contribution in [3.63, 3.8) is 0 Å². The molecule has 0 spiro atoms. The van der Waals surface area contributed by atoms with Gasteiger partial charge in [-0.1, -0.05) is 52.3 Å². The third-order valence-corrected chi connectivity index (χ3v) is 3.66. The SMILES string of the molecule is COC(=O)/C=C/c1cccc(CC(=O)O)c1.O=C(O)Cc1cccc(Br)c1. The van der Waals surface area contributed by atoms with Gasteiger partial charge in [-0.15, -0.1) is 0 Å². The summed E-state index contributed by atoms with van der Waals surface area (Å²) in [6.45, 7) is 0. The normalized spacial score (nSPS) is 10.0. The van der Waals surface area contributed by atoms with Crippen molar-refractivity contribution >= 4 is 39.9 Å². The molecule has 0 fully saturated rings. The standard InChI is InChI=1S/C12H12O4.C8H7BrO2/c1-16-12(15)6-5-9-3-2-4-10(7-9)8-11(13)14;9-7-3-1-2-6(4-7)5-8(10)11/h2-7H,8H2,1H3,(H,13,14);1-4H,5H2,(H,10,11)/b6-5+;. The average molecular weight is 435 g/mol. The largest absolute Gasteiger partial charge is 0.481 e. The Morgan fingerprint density at radius 1 is 0.963 bits per heavy atom. The minimum absolute atomic E-state index is 0.0279. The van der Waals surface area contributed by atoms with E-state index in [-0.39, 0.29) is 12.8 Å². The summed E-state index contributed by atoms with van der Waals surface area (Å²) in [5, 5.41) is 17.1. The van der Waals surface area contributed by atoms with E-state index >= 15 is 0 Å². The van der Waals surface area contributed by atoms with E-state index in [2.05, 4.69) is 20.7 Å². The first-order valence-corrected chi connectivity index (χ1v) is 8.62. The maximum atomic E-state index is 10.8. The summed E-state index contributed by atoms with van der Waals surface area (Å²) in [6.07, 6.45) is 2.93. The molecule has 0 heterocycles. The number of aliphatic carboxylic acids is 2. The summed E-state index contributed by atoms with van der Waals surface area (Å²) >= 11 is 3.26. The topological polar surface area (TPSA) is 101 Å². The lowest BCUT2D eigenvalue weighted by Crippen LogP contribution is -1.99. The second-order valence-electron chi connectivity index (χ2n) is 5.37. The van der Waals surface area contributed by atoms with Crippen LogP contribution in [0.1, 0.15) is 16.7 Å². The van der Waals surface area contributed by atoms with Crippen LogP contribution in [0, 0.1) is 0 Å². The van der Waals surface area contributed by atoms with Gasteiger partial charge in [-0.3, -0.25) is 9.59 Å². The molecule has 27 heavy (non-hydrogen) atoms. The molecule has 6 nitrogen and oxygen atoms in total. The molecule has 0 radical (unpaired) electrons. The van der Waals surface area contributed by atoms with E-state index in [1.54, 1.807) is 42.5 Å². The molecule has 7 heteroatoms. The number of carbonyl (C=O) groups excluding carboxylic acids is 1. The van der Waals surface area contributed by atoms with Gasteiger partial charge >= 0.3 is 17.9 Å². The van der Waals surface area contributed by atoms with Crippen LogP contribution in [0.5, 0.6) is 0 Å². The van der Waals surface area contributed by atoms with Crippen molar-refractivity contribution in [1.29, 1.82) is 0 Å². The van der Waals surface area contributed by atoms with Crippen LogP contribution in [-0.4, -0.2) is 35.2 Å². The Hall–Kier alpha value is -2.93. The van der Waals surface area contributed by atoms with Gasteiger partial charge in [0.05, 0.1) is 20.0 Å². The smallest absolute Gasteiger partial charge is 0.330 e. The molecule has 0 saturated heterocycles. The first kappa shape index (κ1) is 22.1. The second-order valence-corrected chi connectivity index (χ2v) is 6.29. The molecule has 2 aromatic rings. The number of carboxylic acid groups (broad SMARTS) is 2. The Bertz CT molecular complexity index is 829. The maximum absolute atomic E-state index is 10.8. The highest BCUT2D eigenvalue weighted by molar-refractivity contribution is 9.10. The van der Waals surface area contributed by atoms with Crippen LogP contribution in [0.4, 0.5) is 0 Å². The number of methoxy groups -OCH3 is 1. The molecule has 0 aliphatic rings. The number of hydrogen-bond donors (Lipinski definition) is 2. The fourth-order valence-electron chi connectivity index (χ4n) is 2.04. The number of halogens is 1. The van der Waals surface area contributed by atoms with Gasteiger partial charge in [0.15, 0.2) is 0 Å². The Kier molecular flexibility index (Phi) is 9.53. The molecule has 142 valence electrons. The summed E-state index contributed by atoms with van der Waals surface area (Å²) in [7, 11) is 1.30. The number of rotatable bonds is 6. The first-order valence-electron chi connectivity index (χ1n) is 7.83. The Labute approximate surface area is 165 Å². The summed E-state index contributed by atoms with van der Waals surface area (Å²) in [6, 6.07) is 14.2. The van der Waals surface area contributed by atoms with Crippen LogP contribution in [-0.2, 0) is 32.0 Å². The Morgan fingerprint density at radius 2 is 1.52 bits per heavy atom. The summed E-state index contributed by atoms with van der Waals surface area (Å²) in [4.78, 5) is 31.6. The molecular formula is C20H19BrO6. The number of esters is 1. The third-order valence-electron chi connectivity index (χ3n) is 3.16. The van der Waals surface area contributed by atoms with Gasteiger partial charge in [0.2, 0.25) is 0 Å². The second kappa shape index (κ2) is 11.6.